The van der Waals surface area contributed by atoms with Crippen molar-refractivity contribution in [1.29, 1.82) is 0 Å². The molecule has 13 heavy (non-hydrogen) atoms. The van der Waals surface area contributed by atoms with Crippen LogP contribution in [-0.2, 0) is 4.74 Å². The van der Waals surface area contributed by atoms with Crippen molar-refractivity contribution < 1.29 is 4.74 Å². The zero-order valence-electron chi connectivity index (χ0n) is 8.17. The van der Waals surface area contributed by atoms with Gasteiger partial charge in [0.1, 0.15) is 12.4 Å². The minimum atomic E-state index is 0.582. The molecule has 0 bridgehead atoms. The third-order valence-corrected chi connectivity index (χ3v) is 1.54. The van der Waals surface area contributed by atoms with Gasteiger partial charge in [-0.2, -0.15) is 0 Å². The molecule has 0 atom stereocenters. The Hall–Kier alpha value is -1.24. The van der Waals surface area contributed by atoms with Gasteiger partial charge in [-0.05, 0) is 25.3 Å². The predicted molar refractivity (Wildman–Crippen MR) is 58.5 cm³/mol. The number of hydrogen-bond acceptors (Lipinski definition) is 1. The van der Waals surface area contributed by atoms with Gasteiger partial charge in [-0.3, -0.25) is 0 Å². The molecule has 0 radical (unpaired) electrons. The minimum Gasteiger partial charge on any atom is -0.490 e. The van der Waals surface area contributed by atoms with Gasteiger partial charge in [0.05, 0.1) is 0 Å². The van der Waals surface area contributed by atoms with Crippen molar-refractivity contribution >= 4 is 0 Å². The molecule has 0 aromatic rings. The van der Waals surface area contributed by atoms with E-state index in [0.717, 1.165) is 19.3 Å². The zero-order valence-corrected chi connectivity index (χ0v) is 8.17. The quantitative estimate of drug-likeness (QED) is 0.239. The van der Waals surface area contributed by atoms with Crippen molar-refractivity contribution in [2.75, 3.05) is 6.61 Å². The average molecular weight is 178 g/mol. The van der Waals surface area contributed by atoms with Gasteiger partial charge in [-0.25, -0.2) is 0 Å². The number of hydrogen-bond donors (Lipinski definition) is 0. The van der Waals surface area contributed by atoms with Gasteiger partial charge in [0.25, 0.3) is 0 Å². The Morgan fingerprint density at radius 2 is 1.92 bits per heavy atom. The van der Waals surface area contributed by atoms with Gasteiger partial charge >= 0.3 is 0 Å². The molecule has 0 heterocycles. The van der Waals surface area contributed by atoms with E-state index in [-0.39, 0.29) is 0 Å². The van der Waals surface area contributed by atoms with Crippen molar-refractivity contribution in [1.82, 2.24) is 0 Å². The highest BCUT2D eigenvalue weighted by molar-refractivity contribution is 5.02. The Morgan fingerprint density at radius 3 is 2.54 bits per heavy atom. The van der Waals surface area contributed by atoms with E-state index < -0.39 is 0 Å². The van der Waals surface area contributed by atoms with Crippen molar-refractivity contribution in [3.8, 4) is 0 Å². The Bertz CT molecular complexity index is 189. The summed E-state index contributed by atoms with van der Waals surface area (Å²) in [5.41, 5.74) is 0. The number of allylic oxidation sites excluding steroid dienone is 3. The summed E-state index contributed by atoms with van der Waals surface area (Å²) in [5, 5.41) is 0. The fourth-order valence-corrected chi connectivity index (χ4v) is 0.780. The summed E-state index contributed by atoms with van der Waals surface area (Å²) in [6, 6.07) is 0. The molecule has 0 rings (SSSR count). The molecule has 0 amide bonds. The van der Waals surface area contributed by atoms with Crippen LogP contribution in [0.2, 0.25) is 0 Å². The lowest BCUT2D eigenvalue weighted by atomic mass is 10.2. The van der Waals surface area contributed by atoms with E-state index in [1.165, 1.54) is 0 Å². The molecule has 0 saturated heterocycles. The van der Waals surface area contributed by atoms with E-state index in [4.69, 9.17) is 4.74 Å². The highest BCUT2D eigenvalue weighted by Crippen LogP contribution is 1.98. The maximum atomic E-state index is 5.18. The van der Waals surface area contributed by atoms with Crippen molar-refractivity contribution in [2.45, 2.75) is 19.3 Å². The molecule has 72 valence electrons. The summed E-state index contributed by atoms with van der Waals surface area (Å²) < 4.78 is 5.18. The molecular formula is C12H18O. The summed E-state index contributed by atoms with van der Waals surface area (Å²) in [6.07, 6.45) is 11.0. The van der Waals surface area contributed by atoms with Crippen molar-refractivity contribution in [3.05, 3.63) is 49.8 Å². The van der Waals surface area contributed by atoms with Crippen LogP contribution >= 0.6 is 0 Å². The third kappa shape index (κ3) is 8.67. The van der Waals surface area contributed by atoms with Crippen LogP contribution in [0.3, 0.4) is 0 Å². The summed E-state index contributed by atoms with van der Waals surface area (Å²) in [5.74, 6) is 0.621. The first-order valence-electron chi connectivity index (χ1n) is 4.51. The van der Waals surface area contributed by atoms with Gasteiger partial charge in [-0.15, -0.1) is 6.58 Å². The van der Waals surface area contributed by atoms with E-state index in [1.54, 1.807) is 6.08 Å². The molecule has 0 aliphatic rings. The molecule has 0 spiro atoms. The molecule has 0 fully saturated rings. The second-order valence-electron chi connectivity index (χ2n) is 2.67. The predicted octanol–water partition coefficient (Wildman–Crippen LogP) is 3.62. The molecule has 0 unspecified atom stereocenters. The molecule has 0 N–H and O–H groups in total. The van der Waals surface area contributed by atoms with E-state index >= 15 is 0 Å². The standard InChI is InChI=1S/C12H18O/c1-4-6-7-8-9-10-11-13-12(3)5-2/h4-5,9-10H,1-3,6-8,11H2/b10-9+. The Morgan fingerprint density at radius 1 is 1.15 bits per heavy atom. The van der Waals surface area contributed by atoms with Crippen LogP contribution in [-0.4, -0.2) is 6.61 Å². The first kappa shape index (κ1) is 11.8. The lowest BCUT2D eigenvalue weighted by Gasteiger charge is -1.99. The fraction of sp³-hybridized carbons (Fsp3) is 0.333. The van der Waals surface area contributed by atoms with Gasteiger partial charge in [0.15, 0.2) is 0 Å². The number of rotatable bonds is 8. The molecule has 0 aliphatic carbocycles. The lowest BCUT2D eigenvalue weighted by Crippen LogP contribution is -1.86. The average Bonchev–Trinajstić information content (AvgIpc) is 2.16. The summed E-state index contributed by atoms with van der Waals surface area (Å²) >= 11 is 0. The molecule has 1 nitrogen and oxygen atoms in total. The van der Waals surface area contributed by atoms with Crippen molar-refractivity contribution in [3.63, 3.8) is 0 Å². The molecule has 0 saturated carbocycles. The van der Waals surface area contributed by atoms with E-state index in [9.17, 15) is 0 Å². The Labute approximate surface area is 81.1 Å². The zero-order chi connectivity index (χ0) is 9.94. The van der Waals surface area contributed by atoms with E-state index in [1.807, 2.05) is 12.2 Å². The van der Waals surface area contributed by atoms with Crippen LogP contribution in [0.4, 0.5) is 0 Å². The van der Waals surface area contributed by atoms with Crippen molar-refractivity contribution in [2.24, 2.45) is 0 Å². The Kier molecular flexibility index (Phi) is 8.01. The minimum absolute atomic E-state index is 0.582. The van der Waals surface area contributed by atoms with Crippen LogP contribution in [0.25, 0.3) is 0 Å². The number of ether oxygens (including phenoxy) is 1. The lowest BCUT2D eigenvalue weighted by molar-refractivity contribution is 0.263. The van der Waals surface area contributed by atoms with Crippen LogP contribution in [0.5, 0.6) is 0 Å². The summed E-state index contributed by atoms with van der Waals surface area (Å²) in [4.78, 5) is 0. The van der Waals surface area contributed by atoms with E-state index in [2.05, 4.69) is 25.8 Å². The van der Waals surface area contributed by atoms with Gasteiger partial charge < -0.3 is 4.74 Å². The van der Waals surface area contributed by atoms with Crippen LogP contribution < -0.4 is 0 Å². The monoisotopic (exact) mass is 178 g/mol. The maximum absolute atomic E-state index is 5.18. The second kappa shape index (κ2) is 8.85. The smallest absolute Gasteiger partial charge is 0.112 e. The van der Waals surface area contributed by atoms with Gasteiger partial charge in [0, 0.05) is 0 Å². The first-order chi connectivity index (χ1) is 6.31. The molecule has 0 aliphatic heterocycles. The highest BCUT2D eigenvalue weighted by Gasteiger charge is 1.83. The molecule has 0 aromatic heterocycles. The van der Waals surface area contributed by atoms with Gasteiger partial charge in [-0.1, -0.05) is 31.4 Å². The normalized spacial score (nSPS) is 9.85. The highest BCUT2D eigenvalue weighted by atomic mass is 16.5. The van der Waals surface area contributed by atoms with Crippen LogP contribution in [0, 0.1) is 0 Å². The largest absolute Gasteiger partial charge is 0.490 e. The fourth-order valence-electron chi connectivity index (χ4n) is 0.780. The van der Waals surface area contributed by atoms with Gasteiger partial charge in [0.2, 0.25) is 0 Å². The molecular weight excluding hydrogens is 160 g/mol. The third-order valence-electron chi connectivity index (χ3n) is 1.54. The summed E-state index contributed by atoms with van der Waals surface area (Å²) in [7, 11) is 0. The van der Waals surface area contributed by atoms with Crippen LogP contribution in [0.15, 0.2) is 49.8 Å². The first-order valence-corrected chi connectivity index (χ1v) is 4.51. The maximum Gasteiger partial charge on any atom is 0.112 e. The molecule has 1 heteroatoms. The number of unbranched alkanes of at least 4 members (excludes halogenated alkanes) is 2. The summed E-state index contributed by atoms with van der Waals surface area (Å²) in [6.45, 7) is 11.4. The Balaban J connectivity index is 3.26. The topological polar surface area (TPSA) is 9.23 Å². The molecule has 0 aromatic carbocycles. The van der Waals surface area contributed by atoms with E-state index in [0.29, 0.717) is 12.4 Å². The second-order valence-corrected chi connectivity index (χ2v) is 2.67. The van der Waals surface area contributed by atoms with Crippen LogP contribution in [0.1, 0.15) is 19.3 Å². The SMILES string of the molecule is C=CCCC/C=C/COC(=C)C=C.